The van der Waals surface area contributed by atoms with Crippen LogP contribution < -0.4 is 10.1 Å². The molecule has 1 unspecified atom stereocenters. The van der Waals surface area contributed by atoms with E-state index in [1.165, 1.54) is 11.1 Å². The fourth-order valence-electron chi connectivity index (χ4n) is 2.19. The molecule has 1 atom stereocenters. The second-order valence-corrected chi connectivity index (χ2v) is 6.17. The normalized spacial score (nSPS) is 13.8. The minimum atomic E-state index is -0.516. The number of nitrogens with one attached hydrogen (secondary N) is 1. The summed E-state index contributed by atoms with van der Waals surface area (Å²) < 4.78 is 5.97. The molecular formula is C18H28N2O. The van der Waals surface area contributed by atoms with Gasteiger partial charge in [0.15, 0.2) is 0 Å². The number of aryl methyl sites for hydroxylation is 1. The van der Waals surface area contributed by atoms with Gasteiger partial charge in [-0.25, -0.2) is 0 Å². The van der Waals surface area contributed by atoms with Crippen LogP contribution in [-0.2, 0) is 0 Å². The minimum absolute atomic E-state index is 0.432. The molecule has 0 saturated heterocycles. The Morgan fingerprint density at radius 1 is 1.38 bits per heavy atom. The predicted octanol–water partition coefficient (Wildman–Crippen LogP) is 4.17. The van der Waals surface area contributed by atoms with Crippen molar-refractivity contribution in [3.05, 3.63) is 29.3 Å². The third-order valence-electron chi connectivity index (χ3n) is 3.66. The lowest BCUT2D eigenvalue weighted by atomic mass is 9.99. The van der Waals surface area contributed by atoms with Gasteiger partial charge in [-0.05, 0) is 49.9 Å². The first-order valence-electron chi connectivity index (χ1n) is 7.81. The summed E-state index contributed by atoms with van der Waals surface area (Å²) in [7, 11) is 0. The largest absolute Gasteiger partial charge is 0.493 e. The second-order valence-electron chi connectivity index (χ2n) is 6.17. The van der Waals surface area contributed by atoms with Crippen LogP contribution in [0, 0.1) is 18.3 Å². The maximum absolute atomic E-state index is 9.33. The summed E-state index contributed by atoms with van der Waals surface area (Å²) in [4.78, 5) is 0. The Morgan fingerprint density at radius 3 is 2.67 bits per heavy atom. The Morgan fingerprint density at radius 2 is 2.10 bits per heavy atom. The Kier molecular flexibility index (Phi) is 6.71. The molecule has 0 amide bonds. The van der Waals surface area contributed by atoms with Crippen LogP contribution in [0.4, 0.5) is 0 Å². The standard InChI is InChI=1S/C18H28N2O/c1-6-10-20-18(5,13-19)9-11-21-17-12-15(4)7-8-16(17)14(2)3/h7-8,12,14,20H,6,9-11H2,1-5H3. The van der Waals surface area contributed by atoms with Crippen LogP contribution in [0.25, 0.3) is 0 Å². The van der Waals surface area contributed by atoms with Gasteiger partial charge in [0, 0.05) is 6.42 Å². The van der Waals surface area contributed by atoms with Crippen LogP contribution in [0.15, 0.2) is 18.2 Å². The molecule has 0 aliphatic rings. The van der Waals surface area contributed by atoms with E-state index in [-0.39, 0.29) is 0 Å². The van der Waals surface area contributed by atoms with Gasteiger partial charge in [0.2, 0.25) is 0 Å². The van der Waals surface area contributed by atoms with E-state index < -0.39 is 5.54 Å². The fraction of sp³-hybridized carbons (Fsp3) is 0.611. The SMILES string of the molecule is CCCNC(C)(C#N)CCOc1cc(C)ccc1C(C)C. The van der Waals surface area contributed by atoms with Gasteiger partial charge < -0.3 is 4.74 Å². The molecule has 0 aliphatic carbocycles. The van der Waals surface area contributed by atoms with Crippen molar-refractivity contribution in [3.63, 3.8) is 0 Å². The molecule has 21 heavy (non-hydrogen) atoms. The number of hydrogen-bond acceptors (Lipinski definition) is 3. The van der Waals surface area contributed by atoms with Crippen molar-refractivity contribution in [2.75, 3.05) is 13.2 Å². The third kappa shape index (κ3) is 5.40. The first kappa shape index (κ1) is 17.5. The van der Waals surface area contributed by atoms with E-state index in [0.29, 0.717) is 18.9 Å². The predicted molar refractivity (Wildman–Crippen MR) is 87.7 cm³/mol. The van der Waals surface area contributed by atoms with Crippen LogP contribution in [-0.4, -0.2) is 18.7 Å². The highest BCUT2D eigenvalue weighted by Crippen LogP contribution is 2.27. The van der Waals surface area contributed by atoms with Gasteiger partial charge in [0.1, 0.15) is 11.3 Å². The van der Waals surface area contributed by atoms with Gasteiger partial charge in [-0.15, -0.1) is 0 Å². The number of hydrogen-bond donors (Lipinski definition) is 1. The number of nitriles is 1. The Labute approximate surface area is 129 Å². The molecule has 1 rings (SSSR count). The van der Waals surface area contributed by atoms with Crippen molar-refractivity contribution < 1.29 is 4.74 Å². The zero-order valence-electron chi connectivity index (χ0n) is 14.0. The molecule has 1 aromatic rings. The van der Waals surface area contributed by atoms with E-state index in [1.54, 1.807) is 0 Å². The van der Waals surface area contributed by atoms with Gasteiger partial charge in [-0.2, -0.15) is 5.26 Å². The zero-order chi connectivity index (χ0) is 15.9. The summed E-state index contributed by atoms with van der Waals surface area (Å²) >= 11 is 0. The van der Waals surface area contributed by atoms with E-state index in [2.05, 4.69) is 57.3 Å². The van der Waals surface area contributed by atoms with Crippen molar-refractivity contribution in [2.24, 2.45) is 0 Å². The lowest BCUT2D eigenvalue weighted by Gasteiger charge is -2.23. The van der Waals surface area contributed by atoms with Gasteiger partial charge in [-0.3, -0.25) is 5.32 Å². The van der Waals surface area contributed by atoms with Gasteiger partial charge >= 0.3 is 0 Å². The topological polar surface area (TPSA) is 45.0 Å². The van der Waals surface area contributed by atoms with Gasteiger partial charge in [0.05, 0.1) is 12.7 Å². The molecule has 3 nitrogen and oxygen atoms in total. The minimum Gasteiger partial charge on any atom is -0.493 e. The lowest BCUT2D eigenvalue weighted by molar-refractivity contribution is 0.264. The van der Waals surface area contributed by atoms with E-state index in [9.17, 15) is 5.26 Å². The van der Waals surface area contributed by atoms with Crippen molar-refractivity contribution in [3.8, 4) is 11.8 Å². The van der Waals surface area contributed by atoms with E-state index in [1.807, 2.05) is 6.92 Å². The Bertz CT molecular complexity index is 490. The molecular weight excluding hydrogens is 260 g/mol. The second kappa shape index (κ2) is 8.05. The summed E-state index contributed by atoms with van der Waals surface area (Å²) in [5.41, 5.74) is 1.90. The summed E-state index contributed by atoms with van der Waals surface area (Å²) in [5, 5.41) is 12.6. The Balaban J connectivity index is 2.67. The van der Waals surface area contributed by atoms with Crippen LogP contribution in [0.3, 0.4) is 0 Å². The molecule has 0 bridgehead atoms. The highest BCUT2D eigenvalue weighted by molar-refractivity contribution is 5.39. The van der Waals surface area contributed by atoms with Crippen molar-refractivity contribution >= 4 is 0 Å². The monoisotopic (exact) mass is 288 g/mol. The highest BCUT2D eigenvalue weighted by Gasteiger charge is 2.22. The smallest absolute Gasteiger partial charge is 0.123 e. The molecule has 1 N–H and O–H groups in total. The molecule has 0 radical (unpaired) electrons. The summed E-state index contributed by atoms with van der Waals surface area (Å²) in [5.74, 6) is 1.38. The Hall–Kier alpha value is -1.53. The van der Waals surface area contributed by atoms with Gasteiger partial charge in [0.25, 0.3) is 0 Å². The number of nitrogens with zero attached hydrogens (tertiary/aromatic N) is 1. The third-order valence-corrected chi connectivity index (χ3v) is 3.66. The van der Waals surface area contributed by atoms with E-state index in [4.69, 9.17) is 4.74 Å². The summed E-state index contributed by atoms with van der Waals surface area (Å²) in [6, 6.07) is 8.69. The van der Waals surface area contributed by atoms with Crippen molar-refractivity contribution in [2.45, 2.75) is 58.9 Å². The summed E-state index contributed by atoms with van der Waals surface area (Å²) in [6.45, 7) is 11.8. The molecule has 1 aromatic carbocycles. The lowest BCUT2D eigenvalue weighted by Crippen LogP contribution is -2.42. The van der Waals surface area contributed by atoms with Crippen molar-refractivity contribution in [1.82, 2.24) is 5.32 Å². The number of ether oxygens (including phenoxy) is 1. The molecule has 0 aromatic heterocycles. The van der Waals surface area contributed by atoms with Crippen LogP contribution in [0.2, 0.25) is 0 Å². The fourth-order valence-corrected chi connectivity index (χ4v) is 2.19. The van der Waals surface area contributed by atoms with Crippen LogP contribution in [0.1, 0.15) is 57.6 Å². The zero-order valence-corrected chi connectivity index (χ0v) is 14.0. The first-order valence-corrected chi connectivity index (χ1v) is 7.81. The number of benzene rings is 1. The average Bonchev–Trinajstić information content (AvgIpc) is 2.45. The van der Waals surface area contributed by atoms with Crippen molar-refractivity contribution in [1.29, 1.82) is 5.26 Å². The molecule has 3 heteroatoms. The molecule has 0 spiro atoms. The molecule has 0 aliphatic heterocycles. The molecule has 116 valence electrons. The molecule has 0 fully saturated rings. The number of rotatable bonds is 8. The van der Waals surface area contributed by atoms with E-state index >= 15 is 0 Å². The first-order chi connectivity index (χ1) is 9.91. The average molecular weight is 288 g/mol. The van der Waals surface area contributed by atoms with E-state index in [0.717, 1.165) is 18.7 Å². The molecule has 0 saturated carbocycles. The highest BCUT2D eigenvalue weighted by atomic mass is 16.5. The van der Waals surface area contributed by atoms with Crippen LogP contribution >= 0.6 is 0 Å². The summed E-state index contributed by atoms with van der Waals surface area (Å²) in [6.07, 6.45) is 1.70. The van der Waals surface area contributed by atoms with Crippen LogP contribution in [0.5, 0.6) is 5.75 Å². The van der Waals surface area contributed by atoms with Gasteiger partial charge in [-0.1, -0.05) is 32.9 Å². The maximum Gasteiger partial charge on any atom is 0.123 e. The maximum atomic E-state index is 9.33. The quantitative estimate of drug-likeness (QED) is 0.781. The molecule has 0 heterocycles.